The Labute approximate surface area is 196 Å². The minimum atomic E-state index is -0.567. The number of carbonyl (C=O) groups excluding carboxylic acids is 2. The second kappa shape index (κ2) is 10.5. The van der Waals surface area contributed by atoms with Crippen LogP contribution in [0.15, 0.2) is 84.9 Å². The van der Waals surface area contributed by atoms with Crippen LogP contribution in [0.2, 0.25) is 0 Å². The summed E-state index contributed by atoms with van der Waals surface area (Å²) in [4.78, 5) is 30.0. The molecule has 1 N–H and O–H groups in total. The van der Waals surface area contributed by atoms with E-state index < -0.39 is 6.04 Å². The van der Waals surface area contributed by atoms with Crippen LogP contribution in [0.1, 0.15) is 40.0 Å². The molecule has 170 valence electrons. The number of hydrogen-bond acceptors (Lipinski definition) is 3. The summed E-state index contributed by atoms with van der Waals surface area (Å²) in [6, 6.07) is 28.0. The molecule has 2 amide bonds. The Bertz CT molecular complexity index is 1040. The van der Waals surface area contributed by atoms with Gasteiger partial charge in [0.15, 0.2) is 0 Å². The molecule has 0 saturated carbocycles. The number of hydrogen-bond donors (Lipinski definition) is 1. The van der Waals surface area contributed by atoms with Gasteiger partial charge in [-0.15, -0.1) is 0 Å². The lowest BCUT2D eigenvalue weighted by Gasteiger charge is -2.40. The van der Waals surface area contributed by atoms with E-state index in [0.29, 0.717) is 18.7 Å². The van der Waals surface area contributed by atoms with Gasteiger partial charge in [-0.25, -0.2) is 0 Å². The van der Waals surface area contributed by atoms with E-state index in [0.717, 1.165) is 18.7 Å². The molecular formula is C28H31N3O2. The van der Waals surface area contributed by atoms with Crippen molar-refractivity contribution in [2.45, 2.75) is 25.9 Å². The summed E-state index contributed by atoms with van der Waals surface area (Å²) >= 11 is 0. The van der Waals surface area contributed by atoms with Crippen molar-refractivity contribution < 1.29 is 9.59 Å². The van der Waals surface area contributed by atoms with E-state index in [9.17, 15) is 9.59 Å². The smallest absolute Gasteiger partial charge is 0.252 e. The second-order valence-corrected chi connectivity index (χ2v) is 8.60. The molecule has 0 aliphatic carbocycles. The largest absolute Gasteiger partial charge is 0.341 e. The molecule has 3 aromatic carbocycles. The van der Waals surface area contributed by atoms with Crippen molar-refractivity contribution in [3.8, 4) is 0 Å². The Balaban J connectivity index is 1.40. The van der Waals surface area contributed by atoms with Gasteiger partial charge in [0.25, 0.3) is 5.91 Å². The zero-order valence-corrected chi connectivity index (χ0v) is 19.3. The van der Waals surface area contributed by atoms with Gasteiger partial charge in [-0.2, -0.15) is 0 Å². The van der Waals surface area contributed by atoms with E-state index in [-0.39, 0.29) is 17.9 Å². The highest BCUT2D eigenvalue weighted by atomic mass is 16.2. The number of nitrogens with one attached hydrogen (secondary N) is 1. The molecule has 1 aliphatic rings. The first kappa shape index (κ1) is 22.7. The minimum absolute atomic E-state index is 0.0347. The average Bonchev–Trinajstić information content (AvgIpc) is 2.86. The predicted octanol–water partition coefficient (Wildman–Crippen LogP) is 4.05. The third kappa shape index (κ3) is 5.32. The van der Waals surface area contributed by atoms with Crippen molar-refractivity contribution >= 4 is 11.8 Å². The molecule has 1 saturated heterocycles. The van der Waals surface area contributed by atoms with Crippen molar-refractivity contribution in [2.75, 3.05) is 26.2 Å². The van der Waals surface area contributed by atoms with E-state index in [1.54, 1.807) is 13.0 Å². The first-order valence-electron chi connectivity index (χ1n) is 11.5. The van der Waals surface area contributed by atoms with Crippen molar-refractivity contribution in [1.29, 1.82) is 0 Å². The zero-order chi connectivity index (χ0) is 23.2. The van der Waals surface area contributed by atoms with Crippen LogP contribution in [0.25, 0.3) is 0 Å². The van der Waals surface area contributed by atoms with E-state index in [1.807, 2.05) is 42.2 Å². The number of benzene rings is 3. The molecule has 5 nitrogen and oxygen atoms in total. The Kier molecular flexibility index (Phi) is 7.20. The molecule has 1 atom stereocenters. The van der Waals surface area contributed by atoms with Gasteiger partial charge in [-0.3, -0.25) is 14.5 Å². The molecule has 0 radical (unpaired) electrons. The molecule has 1 unspecified atom stereocenters. The summed E-state index contributed by atoms with van der Waals surface area (Å²) in [5.74, 6) is -0.242. The third-order valence-corrected chi connectivity index (χ3v) is 6.33. The van der Waals surface area contributed by atoms with Gasteiger partial charge < -0.3 is 10.2 Å². The lowest BCUT2D eigenvalue weighted by molar-refractivity contribution is -0.134. The second-order valence-electron chi connectivity index (χ2n) is 8.60. The Morgan fingerprint density at radius 3 is 1.82 bits per heavy atom. The lowest BCUT2D eigenvalue weighted by atomic mass is 9.96. The summed E-state index contributed by atoms with van der Waals surface area (Å²) in [7, 11) is 0. The number of aryl methyl sites for hydroxylation is 1. The Hall–Kier alpha value is -3.44. The van der Waals surface area contributed by atoms with Crippen LogP contribution < -0.4 is 5.32 Å². The topological polar surface area (TPSA) is 52.7 Å². The van der Waals surface area contributed by atoms with Crippen LogP contribution in [0.5, 0.6) is 0 Å². The molecule has 0 spiro atoms. The van der Waals surface area contributed by atoms with Crippen LogP contribution in [0.4, 0.5) is 0 Å². The van der Waals surface area contributed by atoms with Gasteiger partial charge >= 0.3 is 0 Å². The number of rotatable bonds is 6. The Morgan fingerprint density at radius 1 is 0.758 bits per heavy atom. The number of piperazine rings is 1. The quantitative estimate of drug-likeness (QED) is 0.628. The van der Waals surface area contributed by atoms with Crippen LogP contribution in [0, 0.1) is 6.92 Å². The van der Waals surface area contributed by atoms with Gasteiger partial charge in [0.1, 0.15) is 6.04 Å². The maximum Gasteiger partial charge on any atom is 0.252 e. The molecule has 33 heavy (non-hydrogen) atoms. The monoisotopic (exact) mass is 441 g/mol. The summed E-state index contributed by atoms with van der Waals surface area (Å²) in [5, 5.41) is 2.88. The molecule has 5 heteroatoms. The fourth-order valence-electron chi connectivity index (χ4n) is 4.52. The maximum absolute atomic E-state index is 13.1. The molecule has 3 aromatic rings. The van der Waals surface area contributed by atoms with E-state index in [1.165, 1.54) is 11.1 Å². The van der Waals surface area contributed by atoms with E-state index >= 15 is 0 Å². The van der Waals surface area contributed by atoms with Crippen molar-refractivity contribution in [2.24, 2.45) is 0 Å². The summed E-state index contributed by atoms with van der Waals surface area (Å²) < 4.78 is 0. The third-order valence-electron chi connectivity index (χ3n) is 6.33. The number of nitrogens with zero attached hydrogens (tertiary/aromatic N) is 2. The van der Waals surface area contributed by atoms with Gasteiger partial charge in [-0.1, -0.05) is 78.9 Å². The van der Waals surface area contributed by atoms with Crippen LogP contribution in [-0.4, -0.2) is 53.8 Å². The predicted molar refractivity (Wildman–Crippen MR) is 131 cm³/mol. The van der Waals surface area contributed by atoms with E-state index in [2.05, 4.69) is 58.7 Å². The molecule has 0 bridgehead atoms. The van der Waals surface area contributed by atoms with Crippen LogP contribution in [-0.2, 0) is 4.79 Å². The fourth-order valence-corrected chi connectivity index (χ4v) is 4.52. The first-order valence-corrected chi connectivity index (χ1v) is 11.5. The minimum Gasteiger partial charge on any atom is -0.341 e. The van der Waals surface area contributed by atoms with E-state index in [4.69, 9.17) is 0 Å². The average molecular weight is 442 g/mol. The molecule has 1 heterocycles. The van der Waals surface area contributed by atoms with Gasteiger partial charge in [0.05, 0.1) is 6.04 Å². The van der Waals surface area contributed by atoms with Gasteiger partial charge in [0.2, 0.25) is 5.91 Å². The summed E-state index contributed by atoms with van der Waals surface area (Å²) in [6.45, 7) is 6.49. The highest BCUT2D eigenvalue weighted by Crippen LogP contribution is 2.29. The first-order chi connectivity index (χ1) is 16.0. The summed E-state index contributed by atoms with van der Waals surface area (Å²) in [5.41, 5.74) is 4.01. The zero-order valence-electron chi connectivity index (χ0n) is 19.3. The van der Waals surface area contributed by atoms with Crippen molar-refractivity contribution in [1.82, 2.24) is 15.1 Å². The standard InChI is InChI=1S/C28H31N3O2/c1-21-11-9-10-16-25(21)27(32)29-22(2)28(33)31-19-17-30(18-20-31)26(23-12-5-3-6-13-23)24-14-7-4-8-15-24/h3-16,22,26H,17-20H2,1-2H3,(H,29,32). The van der Waals surface area contributed by atoms with Crippen LogP contribution in [0.3, 0.4) is 0 Å². The highest BCUT2D eigenvalue weighted by molar-refractivity contribution is 5.98. The summed E-state index contributed by atoms with van der Waals surface area (Å²) in [6.07, 6.45) is 0. The maximum atomic E-state index is 13.1. The van der Waals surface area contributed by atoms with Gasteiger partial charge in [0, 0.05) is 31.7 Å². The van der Waals surface area contributed by atoms with Crippen molar-refractivity contribution in [3.63, 3.8) is 0 Å². The normalized spacial score (nSPS) is 15.3. The van der Waals surface area contributed by atoms with Crippen molar-refractivity contribution in [3.05, 3.63) is 107 Å². The molecule has 1 fully saturated rings. The fraction of sp³-hybridized carbons (Fsp3) is 0.286. The molecule has 4 rings (SSSR count). The molecule has 0 aromatic heterocycles. The highest BCUT2D eigenvalue weighted by Gasteiger charge is 2.30. The molecule has 1 aliphatic heterocycles. The molecular weight excluding hydrogens is 410 g/mol. The number of carbonyl (C=O) groups is 2. The Morgan fingerprint density at radius 2 is 1.27 bits per heavy atom. The lowest BCUT2D eigenvalue weighted by Crippen LogP contribution is -2.54. The number of amides is 2. The van der Waals surface area contributed by atoms with Crippen LogP contribution >= 0.6 is 0 Å². The van der Waals surface area contributed by atoms with Gasteiger partial charge in [-0.05, 0) is 36.6 Å². The SMILES string of the molecule is Cc1ccccc1C(=O)NC(C)C(=O)N1CCN(C(c2ccccc2)c2ccccc2)CC1.